The van der Waals surface area contributed by atoms with Crippen LogP contribution in [0.25, 0.3) is 23.0 Å². The van der Waals surface area contributed by atoms with Crippen molar-refractivity contribution in [3.63, 3.8) is 0 Å². The molecule has 1 aliphatic heterocycles. The van der Waals surface area contributed by atoms with Gasteiger partial charge in [-0.15, -0.1) is 0 Å². The number of carbonyl (C=O) groups excluding carboxylic acids is 2. The molecule has 0 spiro atoms. The average molecular weight is 493 g/mol. The Morgan fingerprint density at radius 3 is 2.41 bits per heavy atom. The van der Waals surface area contributed by atoms with Crippen LogP contribution in [0.4, 0.5) is 0 Å². The van der Waals surface area contributed by atoms with E-state index in [1.807, 2.05) is 73.8 Å². The van der Waals surface area contributed by atoms with Crippen molar-refractivity contribution in [3.05, 3.63) is 83.1 Å². The van der Waals surface area contributed by atoms with Gasteiger partial charge in [0.2, 0.25) is 0 Å². The summed E-state index contributed by atoms with van der Waals surface area (Å²) in [5.74, 6) is -0.0708. The highest BCUT2D eigenvalue weighted by atomic mass is 16.5. The van der Waals surface area contributed by atoms with Crippen LogP contribution in [-0.4, -0.2) is 39.1 Å². The van der Waals surface area contributed by atoms with Gasteiger partial charge < -0.3 is 4.74 Å². The summed E-state index contributed by atoms with van der Waals surface area (Å²) in [5, 5.41) is 14.6. The number of carbonyl (C=O) groups is 2. The molecule has 7 nitrogen and oxygen atoms in total. The lowest BCUT2D eigenvalue weighted by molar-refractivity contribution is -0.143. The largest absolute Gasteiger partial charge is 0.494 e. The number of amides is 2. The van der Waals surface area contributed by atoms with Crippen molar-refractivity contribution in [3.8, 4) is 28.8 Å². The summed E-state index contributed by atoms with van der Waals surface area (Å²) in [7, 11) is 0. The van der Waals surface area contributed by atoms with E-state index in [1.54, 1.807) is 17.7 Å². The zero-order valence-electron chi connectivity index (χ0n) is 21.0. The molecule has 1 aromatic heterocycles. The molecular weight excluding hydrogens is 464 g/mol. The van der Waals surface area contributed by atoms with Crippen molar-refractivity contribution < 1.29 is 14.3 Å². The molecule has 7 heteroatoms. The number of nitriles is 1. The highest BCUT2D eigenvalue weighted by molar-refractivity contribution is 6.20. The normalized spacial score (nSPS) is 17.5. The first-order chi connectivity index (χ1) is 18.0. The van der Waals surface area contributed by atoms with E-state index >= 15 is 0 Å². The van der Waals surface area contributed by atoms with Crippen LogP contribution < -0.4 is 4.74 Å². The third-order valence-electron chi connectivity index (χ3n) is 6.96. The van der Waals surface area contributed by atoms with Crippen LogP contribution in [0.15, 0.2) is 77.5 Å². The number of rotatable bonds is 6. The summed E-state index contributed by atoms with van der Waals surface area (Å²) >= 11 is 0. The van der Waals surface area contributed by atoms with Gasteiger partial charge in [-0.3, -0.25) is 14.5 Å². The first-order valence-electron chi connectivity index (χ1n) is 12.6. The third-order valence-corrected chi connectivity index (χ3v) is 6.96. The van der Waals surface area contributed by atoms with Crippen LogP contribution in [0.1, 0.15) is 45.1 Å². The second kappa shape index (κ2) is 10.3. The molecule has 1 aliphatic carbocycles. The molecule has 3 aromatic rings. The van der Waals surface area contributed by atoms with Gasteiger partial charge in [0.15, 0.2) is 0 Å². The molecule has 0 saturated heterocycles. The standard InChI is InChI=1S/C30H28N4O3/c1-3-37-25-15-13-21(14-16-25)28-22(19-33(32-28)23-9-5-4-6-10-23)17-26-20(2)27(18-31)30(36)34(29(26)35)24-11-7-8-12-24/h4-6,9-10,13-17,19,24H,3,7-8,11-12H2,1-2H3. The Bertz CT molecular complexity index is 1440. The summed E-state index contributed by atoms with van der Waals surface area (Å²) in [6.07, 6.45) is 7.12. The van der Waals surface area contributed by atoms with Crippen molar-refractivity contribution in [2.24, 2.45) is 0 Å². The minimum absolute atomic E-state index is 0.0239. The summed E-state index contributed by atoms with van der Waals surface area (Å²) in [6.45, 7) is 4.18. The van der Waals surface area contributed by atoms with E-state index in [2.05, 4.69) is 0 Å². The lowest BCUT2D eigenvalue weighted by Crippen LogP contribution is -2.47. The minimum Gasteiger partial charge on any atom is -0.494 e. The molecule has 186 valence electrons. The Hall–Kier alpha value is -4.44. The van der Waals surface area contributed by atoms with Crippen molar-refractivity contribution in [2.45, 2.75) is 45.6 Å². The summed E-state index contributed by atoms with van der Waals surface area (Å²) in [4.78, 5) is 28.1. The van der Waals surface area contributed by atoms with E-state index in [-0.39, 0.29) is 17.5 Å². The fourth-order valence-corrected chi connectivity index (χ4v) is 5.06. The molecule has 0 atom stereocenters. The van der Waals surface area contributed by atoms with Gasteiger partial charge in [-0.05, 0) is 74.7 Å². The lowest BCUT2D eigenvalue weighted by Gasteiger charge is -2.32. The molecule has 2 heterocycles. The van der Waals surface area contributed by atoms with Crippen LogP contribution in [0.5, 0.6) is 5.75 Å². The van der Waals surface area contributed by atoms with Gasteiger partial charge in [0.25, 0.3) is 11.8 Å². The van der Waals surface area contributed by atoms with Crippen molar-refractivity contribution in [2.75, 3.05) is 6.61 Å². The zero-order chi connectivity index (χ0) is 25.9. The fourth-order valence-electron chi connectivity index (χ4n) is 5.06. The van der Waals surface area contributed by atoms with Gasteiger partial charge in [-0.2, -0.15) is 10.4 Å². The van der Waals surface area contributed by atoms with Gasteiger partial charge in [0.05, 0.1) is 18.0 Å². The zero-order valence-corrected chi connectivity index (χ0v) is 21.0. The first-order valence-corrected chi connectivity index (χ1v) is 12.6. The van der Waals surface area contributed by atoms with Crippen LogP contribution in [0.2, 0.25) is 0 Å². The number of nitrogens with zero attached hydrogens (tertiary/aromatic N) is 4. The molecule has 37 heavy (non-hydrogen) atoms. The van der Waals surface area contributed by atoms with Gasteiger partial charge in [-0.25, -0.2) is 4.68 Å². The number of aromatic nitrogens is 2. The van der Waals surface area contributed by atoms with Gasteiger partial charge in [0, 0.05) is 28.9 Å². The van der Waals surface area contributed by atoms with Crippen molar-refractivity contribution >= 4 is 17.9 Å². The van der Waals surface area contributed by atoms with Crippen molar-refractivity contribution in [1.82, 2.24) is 14.7 Å². The quantitative estimate of drug-likeness (QED) is 0.336. The highest BCUT2D eigenvalue weighted by Gasteiger charge is 2.40. The van der Waals surface area contributed by atoms with E-state index in [0.717, 1.165) is 42.7 Å². The molecule has 0 bridgehead atoms. The number of para-hydroxylation sites is 1. The molecule has 0 N–H and O–H groups in total. The average Bonchev–Trinajstić information content (AvgIpc) is 3.59. The van der Waals surface area contributed by atoms with Crippen LogP contribution in [0, 0.1) is 11.3 Å². The predicted molar refractivity (Wildman–Crippen MR) is 141 cm³/mol. The van der Waals surface area contributed by atoms with E-state index in [1.165, 1.54) is 4.90 Å². The van der Waals surface area contributed by atoms with E-state index in [9.17, 15) is 14.9 Å². The number of imide groups is 1. The second-order valence-electron chi connectivity index (χ2n) is 9.26. The first kappa shape index (κ1) is 24.3. The monoisotopic (exact) mass is 492 g/mol. The number of ether oxygens (including phenoxy) is 1. The van der Waals surface area contributed by atoms with E-state index in [4.69, 9.17) is 9.84 Å². The Morgan fingerprint density at radius 1 is 1.05 bits per heavy atom. The number of hydrogen-bond donors (Lipinski definition) is 0. The van der Waals surface area contributed by atoms with E-state index in [0.29, 0.717) is 29.0 Å². The third kappa shape index (κ3) is 4.58. The minimum atomic E-state index is -0.485. The molecule has 0 unspecified atom stereocenters. The maximum atomic E-state index is 13.7. The van der Waals surface area contributed by atoms with Crippen LogP contribution >= 0.6 is 0 Å². The molecule has 2 aromatic carbocycles. The Labute approximate surface area is 216 Å². The van der Waals surface area contributed by atoms with E-state index < -0.39 is 5.91 Å². The highest BCUT2D eigenvalue weighted by Crippen LogP contribution is 2.35. The fraction of sp³-hybridized carbons (Fsp3) is 0.267. The molecule has 1 fully saturated rings. The molecule has 2 amide bonds. The smallest absolute Gasteiger partial charge is 0.271 e. The van der Waals surface area contributed by atoms with Crippen LogP contribution in [-0.2, 0) is 9.59 Å². The number of benzene rings is 2. The van der Waals surface area contributed by atoms with Crippen molar-refractivity contribution in [1.29, 1.82) is 5.26 Å². The Balaban J connectivity index is 1.65. The summed E-state index contributed by atoms with van der Waals surface area (Å²) in [6, 6.07) is 19.3. The maximum absolute atomic E-state index is 13.7. The van der Waals surface area contributed by atoms with Gasteiger partial charge in [-0.1, -0.05) is 31.0 Å². The maximum Gasteiger partial charge on any atom is 0.271 e. The summed E-state index contributed by atoms with van der Waals surface area (Å²) in [5.41, 5.74) is 3.91. The van der Waals surface area contributed by atoms with Crippen LogP contribution in [0.3, 0.4) is 0 Å². The Kier molecular flexibility index (Phi) is 6.74. The van der Waals surface area contributed by atoms with Gasteiger partial charge >= 0.3 is 0 Å². The Morgan fingerprint density at radius 2 is 1.76 bits per heavy atom. The molecule has 1 saturated carbocycles. The second-order valence-corrected chi connectivity index (χ2v) is 9.26. The SMILES string of the molecule is CCOc1ccc(-c2nn(-c3ccccc3)cc2C=C2C(=O)N(C3CCCC3)C(=O)C(C#N)=C2C)cc1. The topological polar surface area (TPSA) is 88.2 Å². The summed E-state index contributed by atoms with van der Waals surface area (Å²) < 4.78 is 7.36. The molecule has 5 rings (SSSR count). The number of hydrogen-bond acceptors (Lipinski definition) is 5. The van der Waals surface area contributed by atoms with Gasteiger partial charge in [0.1, 0.15) is 17.4 Å². The predicted octanol–water partition coefficient (Wildman–Crippen LogP) is 5.47. The molecule has 0 radical (unpaired) electrons. The molecule has 2 aliphatic rings. The molecular formula is C30H28N4O3. The lowest BCUT2D eigenvalue weighted by atomic mass is 9.92.